The number of furan rings is 1. The predicted molar refractivity (Wildman–Crippen MR) is 95.9 cm³/mol. The van der Waals surface area contributed by atoms with E-state index in [1.54, 1.807) is 13.0 Å². The molecule has 1 saturated heterocycles. The van der Waals surface area contributed by atoms with Crippen molar-refractivity contribution in [2.75, 3.05) is 31.2 Å². The van der Waals surface area contributed by atoms with Crippen LogP contribution in [0.5, 0.6) is 0 Å². The Morgan fingerprint density at radius 1 is 1.16 bits per heavy atom. The number of ether oxygens (including phenoxy) is 1. The van der Waals surface area contributed by atoms with E-state index < -0.39 is 6.10 Å². The van der Waals surface area contributed by atoms with Crippen LogP contribution in [0.4, 0.5) is 5.82 Å². The highest BCUT2D eigenvalue weighted by Crippen LogP contribution is 2.31. The SMILES string of the molecule is CC(O)c1ccc(-c2ccc3c(N4CCOCC4)nc(Cl)nc3c2)o1. The van der Waals surface area contributed by atoms with E-state index in [2.05, 4.69) is 14.9 Å². The van der Waals surface area contributed by atoms with Gasteiger partial charge in [-0.15, -0.1) is 0 Å². The zero-order chi connectivity index (χ0) is 17.4. The summed E-state index contributed by atoms with van der Waals surface area (Å²) in [5, 5.41) is 10.8. The van der Waals surface area contributed by atoms with Crippen LogP contribution in [0.2, 0.25) is 5.28 Å². The molecule has 3 aromatic rings. The monoisotopic (exact) mass is 359 g/mol. The quantitative estimate of drug-likeness (QED) is 0.722. The molecule has 130 valence electrons. The summed E-state index contributed by atoms with van der Waals surface area (Å²) in [5.41, 5.74) is 1.64. The topological polar surface area (TPSA) is 71.6 Å². The Balaban J connectivity index is 1.77. The van der Waals surface area contributed by atoms with Gasteiger partial charge in [-0.1, -0.05) is 6.07 Å². The summed E-state index contributed by atoms with van der Waals surface area (Å²) in [4.78, 5) is 11.0. The van der Waals surface area contributed by atoms with Crippen LogP contribution >= 0.6 is 11.6 Å². The van der Waals surface area contributed by atoms with Gasteiger partial charge in [0.2, 0.25) is 5.28 Å². The molecule has 2 aromatic heterocycles. The summed E-state index contributed by atoms with van der Waals surface area (Å²) in [6.45, 7) is 4.58. The van der Waals surface area contributed by atoms with E-state index in [1.807, 2.05) is 24.3 Å². The van der Waals surface area contributed by atoms with Gasteiger partial charge in [-0.05, 0) is 42.8 Å². The number of hydrogen-bond donors (Lipinski definition) is 1. The summed E-state index contributed by atoms with van der Waals surface area (Å²) in [7, 11) is 0. The van der Waals surface area contributed by atoms with Crippen LogP contribution < -0.4 is 4.90 Å². The summed E-state index contributed by atoms with van der Waals surface area (Å²) in [5.74, 6) is 2.04. The lowest BCUT2D eigenvalue weighted by molar-refractivity contribution is 0.122. The Morgan fingerprint density at radius 3 is 2.68 bits per heavy atom. The normalized spacial score (nSPS) is 16.4. The van der Waals surface area contributed by atoms with E-state index in [0.29, 0.717) is 24.7 Å². The van der Waals surface area contributed by atoms with Crippen LogP contribution in [0.1, 0.15) is 18.8 Å². The van der Waals surface area contributed by atoms with Crippen LogP contribution in [0.25, 0.3) is 22.2 Å². The molecule has 0 saturated carbocycles. The third-order valence-corrected chi connectivity index (χ3v) is 4.45. The molecular formula is C18H18ClN3O3. The van der Waals surface area contributed by atoms with Crippen molar-refractivity contribution in [2.45, 2.75) is 13.0 Å². The lowest BCUT2D eigenvalue weighted by Crippen LogP contribution is -2.37. The fourth-order valence-electron chi connectivity index (χ4n) is 2.99. The van der Waals surface area contributed by atoms with Crippen LogP contribution in [0.3, 0.4) is 0 Å². The van der Waals surface area contributed by atoms with Gasteiger partial charge in [0, 0.05) is 24.0 Å². The number of rotatable bonds is 3. The zero-order valence-electron chi connectivity index (χ0n) is 13.8. The van der Waals surface area contributed by atoms with E-state index in [9.17, 15) is 5.11 Å². The molecule has 1 N–H and O–H groups in total. The third kappa shape index (κ3) is 3.20. The number of nitrogens with zero attached hydrogens (tertiary/aromatic N) is 3. The van der Waals surface area contributed by atoms with Gasteiger partial charge in [0.1, 0.15) is 23.4 Å². The Bertz CT molecular complexity index is 904. The number of anilines is 1. The van der Waals surface area contributed by atoms with Gasteiger partial charge in [-0.2, -0.15) is 4.98 Å². The van der Waals surface area contributed by atoms with Crippen LogP contribution in [0, 0.1) is 0 Å². The molecule has 0 amide bonds. The first-order valence-electron chi connectivity index (χ1n) is 8.20. The molecule has 1 aromatic carbocycles. The smallest absolute Gasteiger partial charge is 0.224 e. The van der Waals surface area contributed by atoms with Gasteiger partial charge in [0.25, 0.3) is 0 Å². The first-order chi connectivity index (χ1) is 12.1. The van der Waals surface area contributed by atoms with Crippen molar-refractivity contribution in [3.63, 3.8) is 0 Å². The minimum atomic E-state index is -0.640. The minimum Gasteiger partial charge on any atom is -0.458 e. The molecule has 25 heavy (non-hydrogen) atoms. The molecule has 1 unspecified atom stereocenters. The number of halogens is 1. The third-order valence-electron chi connectivity index (χ3n) is 4.28. The fourth-order valence-corrected chi connectivity index (χ4v) is 3.16. The largest absolute Gasteiger partial charge is 0.458 e. The molecule has 1 atom stereocenters. The van der Waals surface area contributed by atoms with Gasteiger partial charge in [-0.25, -0.2) is 4.98 Å². The maximum absolute atomic E-state index is 9.63. The average Bonchev–Trinajstić information content (AvgIpc) is 3.11. The van der Waals surface area contributed by atoms with Gasteiger partial charge in [0.15, 0.2) is 0 Å². The number of benzene rings is 1. The molecule has 0 spiro atoms. The van der Waals surface area contributed by atoms with Crippen molar-refractivity contribution in [3.05, 3.63) is 41.4 Å². The highest BCUT2D eigenvalue weighted by molar-refractivity contribution is 6.28. The number of aliphatic hydroxyl groups excluding tert-OH is 1. The minimum absolute atomic E-state index is 0.218. The molecule has 4 rings (SSSR count). The molecule has 3 heterocycles. The average molecular weight is 360 g/mol. The maximum atomic E-state index is 9.63. The fraction of sp³-hybridized carbons (Fsp3) is 0.333. The van der Waals surface area contributed by atoms with E-state index in [1.165, 1.54) is 0 Å². The summed E-state index contributed by atoms with van der Waals surface area (Å²) >= 11 is 6.15. The predicted octanol–water partition coefficient (Wildman–Crippen LogP) is 3.43. The summed E-state index contributed by atoms with van der Waals surface area (Å²) in [6, 6.07) is 9.49. The Kier molecular flexibility index (Phi) is 4.33. The first kappa shape index (κ1) is 16.3. The van der Waals surface area contributed by atoms with Gasteiger partial charge in [0.05, 0.1) is 18.7 Å². The van der Waals surface area contributed by atoms with Crippen molar-refractivity contribution < 1.29 is 14.3 Å². The molecule has 0 aliphatic carbocycles. The second-order valence-electron chi connectivity index (χ2n) is 6.03. The summed E-state index contributed by atoms with van der Waals surface area (Å²) < 4.78 is 11.1. The number of aromatic nitrogens is 2. The van der Waals surface area contributed by atoms with E-state index in [0.717, 1.165) is 35.4 Å². The van der Waals surface area contributed by atoms with E-state index in [-0.39, 0.29) is 5.28 Å². The van der Waals surface area contributed by atoms with E-state index in [4.69, 9.17) is 20.8 Å². The molecule has 1 aliphatic heterocycles. The van der Waals surface area contributed by atoms with Gasteiger partial charge < -0.3 is 19.2 Å². The van der Waals surface area contributed by atoms with Gasteiger partial charge in [-0.3, -0.25) is 0 Å². The Morgan fingerprint density at radius 2 is 1.96 bits per heavy atom. The Labute approximate surface area is 150 Å². The molecule has 7 heteroatoms. The van der Waals surface area contributed by atoms with Crippen molar-refractivity contribution in [1.82, 2.24) is 9.97 Å². The standard InChI is InChI=1S/C18H18ClN3O3/c1-11(23)15-4-5-16(25-15)12-2-3-13-14(10-12)20-18(19)21-17(13)22-6-8-24-9-7-22/h2-5,10-11,23H,6-9H2,1H3. The van der Waals surface area contributed by atoms with Crippen molar-refractivity contribution in [2.24, 2.45) is 0 Å². The van der Waals surface area contributed by atoms with Crippen LogP contribution in [0.15, 0.2) is 34.7 Å². The molecule has 6 nitrogen and oxygen atoms in total. The zero-order valence-corrected chi connectivity index (χ0v) is 14.5. The van der Waals surface area contributed by atoms with Crippen molar-refractivity contribution in [3.8, 4) is 11.3 Å². The molecular weight excluding hydrogens is 342 g/mol. The maximum Gasteiger partial charge on any atom is 0.224 e. The molecule has 1 fully saturated rings. The first-order valence-corrected chi connectivity index (χ1v) is 8.58. The van der Waals surface area contributed by atoms with Crippen molar-refractivity contribution in [1.29, 1.82) is 0 Å². The van der Waals surface area contributed by atoms with E-state index >= 15 is 0 Å². The Hall–Kier alpha value is -2.15. The molecule has 0 radical (unpaired) electrons. The van der Waals surface area contributed by atoms with Gasteiger partial charge >= 0.3 is 0 Å². The summed E-state index contributed by atoms with van der Waals surface area (Å²) in [6.07, 6.45) is -0.640. The number of aliphatic hydroxyl groups is 1. The molecule has 0 bridgehead atoms. The highest BCUT2D eigenvalue weighted by Gasteiger charge is 2.18. The lowest BCUT2D eigenvalue weighted by Gasteiger charge is -2.28. The second kappa shape index (κ2) is 6.63. The second-order valence-corrected chi connectivity index (χ2v) is 6.36. The van der Waals surface area contributed by atoms with Crippen LogP contribution in [-0.4, -0.2) is 41.4 Å². The number of fused-ring (bicyclic) bond motifs is 1. The lowest BCUT2D eigenvalue weighted by atomic mass is 10.1. The van der Waals surface area contributed by atoms with Crippen molar-refractivity contribution >= 4 is 28.3 Å². The highest BCUT2D eigenvalue weighted by atomic mass is 35.5. The van der Waals surface area contributed by atoms with Crippen LogP contribution in [-0.2, 0) is 4.74 Å². The molecule has 1 aliphatic rings. The number of morpholine rings is 1. The number of hydrogen-bond acceptors (Lipinski definition) is 6.